The second-order valence-electron chi connectivity index (χ2n) is 5.89. The summed E-state index contributed by atoms with van der Waals surface area (Å²) < 4.78 is 5.92. The van der Waals surface area contributed by atoms with E-state index in [4.69, 9.17) is 10.5 Å². The van der Waals surface area contributed by atoms with Gasteiger partial charge in [-0.1, -0.05) is 51.9 Å². The lowest BCUT2D eigenvalue weighted by Gasteiger charge is -2.26. The van der Waals surface area contributed by atoms with Crippen LogP contribution in [0.1, 0.15) is 84.0 Å². The minimum absolute atomic E-state index is 0.391. The fourth-order valence-electron chi connectivity index (χ4n) is 2.82. The van der Waals surface area contributed by atoms with E-state index in [1.54, 1.807) is 0 Å². The van der Waals surface area contributed by atoms with E-state index in [0.29, 0.717) is 12.1 Å². The molecule has 0 bridgehead atoms. The van der Waals surface area contributed by atoms with Crippen LogP contribution in [0.3, 0.4) is 0 Å². The summed E-state index contributed by atoms with van der Waals surface area (Å²) in [5.74, 6) is 0. The van der Waals surface area contributed by atoms with Gasteiger partial charge < -0.3 is 10.5 Å². The summed E-state index contributed by atoms with van der Waals surface area (Å²) in [7, 11) is 0. The first-order chi connectivity index (χ1) is 8.83. The molecule has 18 heavy (non-hydrogen) atoms. The van der Waals surface area contributed by atoms with Crippen molar-refractivity contribution in [3.63, 3.8) is 0 Å². The summed E-state index contributed by atoms with van der Waals surface area (Å²) in [6.07, 6.45) is 16.2. The highest BCUT2D eigenvalue weighted by molar-refractivity contribution is 4.75. The lowest BCUT2D eigenvalue weighted by molar-refractivity contribution is 0.0215. The van der Waals surface area contributed by atoms with E-state index in [-0.39, 0.29) is 0 Å². The second-order valence-corrected chi connectivity index (χ2v) is 5.89. The standard InChI is InChI=1S/C16H33NO/c1-2-3-4-5-6-7-8-9-13-18-16-12-10-11-15(17)14-16/h15-16H,2-14,17H2,1H3. The number of hydrogen-bond donors (Lipinski definition) is 1. The highest BCUT2D eigenvalue weighted by Gasteiger charge is 2.19. The van der Waals surface area contributed by atoms with Crippen molar-refractivity contribution in [2.45, 2.75) is 96.1 Å². The molecule has 2 unspecified atom stereocenters. The predicted molar refractivity (Wildman–Crippen MR) is 78.8 cm³/mol. The van der Waals surface area contributed by atoms with Crippen LogP contribution in [0.15, 0.2) is 0 Å². The van der Waals surface area contributed by atoms with Crippen LogP contribution in [0.25, 0.3) is 0 Å². The SMILES string of the molecule is CCCCCCCCCCOC1CCCC(N)C1. The molecule has 0 aromatic carbocycles. The molecule has 2 nitrogen and oxygen atoms in total. The maximum atomic E-state index is 5.95. The van der Waals surface area contributed by atoms with Gasteiger partial charge in [0.15, 0.2) is 0 Å². The van der Waals surface area contributed by atoms with Crippen molar-refractivity contribution < 1.29 is 4.74 Å². The topological polar surface area (TPSA) is 35.2 Å². The molecule has 0 aliphatic heterocycles. The van der Waals surface area contributed by atoms with Gasteiger partial charge in [-0.2, -0.15) is 0 Å². The Balaban J connectivity index is 1.80. The summed E-state index contributed by atoms with van der Waals surface area (Å²) in [4.78, 5) is 0. The summed E-state index contributed by atoms with van der Waals surface area (Å²) >= 11 is 0. The first kappa shape index (κ1) is 16.0. The Kier molecular flexibility index (Phi) is 9.59. The summed E-state index contributed by atoms with van der Waals surface area (Å²) in [5.41, 5.74) is 5.95. The highest BCUT2D eigenvalue weighted by atomic mass is 16.5. The molecule has 0 heterocycles. The van der Waals surface area contributed by atoms with Crippen molar-refractivity contribution in [1.82, 2.24) is 0 Å². The first-order valence-electron chi connectivity index (χ1n) is 8.20. The first-order valence-corrected chi connectivity index (χ1v) is 8.20. The lowest BCUT2D eigenvalue weighted by Crippen LogP contribution is -2.32. The van der Waals surface area contributed by atoms with Crippen molar-refractivity contribution >= 4 is 0 Å². The third kappa shape index (κ3) is 8.10. The molecule has 0 aromatic heterocycles. The fraction of sp³-hybridized carbons (Fsp3) is 1.00. The minimum Gasteiger partial charge on any atom is -0.378 e. The Morgan fingerprint density at radius 2 is 1.61 bits per heavy atom. The van der Waals surface area contributed by atoms with Gasteiger partial charge in [0.25, 0.3) is 0 Å². The van der Waals surface area contributed by atoms with Crippen LogP contribution in [0.4, 0.5) is 0 Å². The molecule has 2 atom stereocenters. The third-order valence-corrected chi connectivity index (χ3v) is 4.02. The Morgan fingerprint density at radius 1 is 0.944 bits per heavy atom. The number of hydrogen-bond acceptors (Lipinski definition) is 2. The summed E-state index contributed by atoms with van der Waals surface area (Å²) in [5, 5.41) is 0. The number of unbranched alkanes of at least 4 members (excludes halogenated alkanes) is 7. The zero-order valence-electron chi connectivity index (χ0n) is 12.3. The Labute approximate surface area is 114 Å². The van der Waals surface area contributed by atoms with E-state index in [0.717, 1.165) is 13.0 Å². The van der Waals surface area contributed by atoms with Gasteiger partial charge in [-0.3, -0.25) is 0 Å². The molecule has 1 rings (SSSR count). The van der Waals surface area contributed by atoms with Gasteiger partial charge in [-0.05, 0) is 32.1 Å². The molecule has 0 aromatic rings. The predicted octanol–water partition coefficient (Wildman–Crippen LogP) is 4.41. The van der Waals surface area contributed by atoms with Gasteiger partial charge in [0.1, 0.15) is 0 Å². The van der Waals surface area contributed by atoms with E-state index < -0.39 is 0 Å². The van der Waals surface area contributed by atoms with E-state index >= 15 is 0 Å². The van der Waals surface area contributed by atoms with Crippen LogP contribution < -0.4 is 5.73 Å². The van der Waals surface area contributed by atoms with Gasteiger partial charge in [0.05, 0.1) is 6.10 Å². The van der Waals surface area contributed by atoms with Crippen molar-refractivity contribution in [3.8, 4) is 0 Å². The van der Waals surface area contributed by atoms with Gasteiger partial charge >= 0.3 is 0 Å². The molecule has 1 aliphatic carbocycles. The van der Waals surface area contributed by atoms with Crippen molar-refractivity contribution in [3.05, 3.63) is 0 Å². The molecule has 1 saturated carbocycles. The fourth-order valence-corrected chi connectivity index (χ4v) is 2.82. The smallest absolute Gasteiger partial charge is 0.0589 e. The third-order valence-electron chi connectivity index (χ3n) is 4.02. The molecule has 0 amide bonds. The largest absolute Gasteiger partial charge is 0.378 e. The lowest BCUT2D eigenvalue weighted by atomic mass is 9.93. The van der Waals surface area contributed by atoms with Gasteiger partial charge in [-0.25, -0.2) is 0 Å². The number of nitrogens with two attached hydrogens (primary N) is 1. The van der Waals surface area contributed by atoms with Crippen LogP contribution in [-0.4, -0.2) is 18.8 Å². The van der Waals surface area contributed by atoms with E-state index in [2.05, 4.69) is 6.92 Å². The Morgan fingerprint density at radius 3 is 2.28 bits per heavy atom. The normalized spacial score (nSPS) is 24.3. The van der Waals surface area contributed by atoms with Gasteiger partial charge in [-0.15, -0.1) is 0 Å². The van der Waals surface area contributed by atoms with Crippen LogP contribution in [0, 0.1) is 0 Å². The zero-order chi connectivity index (χ0) is 13.1. The number of ether oxygens (including phenoxy) is 1. The highest BCUT2D eigenvalue weighted by Crippen LogP contribution is 2.20. The minimum atomic E-state index is 0.391. The van der Waals surface area contributed by atoms with Gasteiger partial charge in [0, 0.05) is 12.6 Å². The van der Waals surface area contributed by atoms with Crippen LogP contribution in [0.5, 0.6) is 0 Å². The summed E-state index contributed by atoms with van der Waals surface area (Å²) in [6.45, 7) is 3.22. The Hall–Kier alpha value is -0.0800. The number of rotatable bonds is 10. The Bertz CT molecular complexity index is 184. The molecule has 2 N–H and O–H groups in total. The van der Waals surface area contributed by atoms with Crippen LogP contribution in [0.2, 0.25) is 0 Å². The van der Waals surface area contributed by atoms with Crippen molar-refractivity contribution in [2.75, 3.05) is 6.61 Å². The van der Waals surface area contributed by atoms with Crippen molar-refractivity contribution in [1.29, 1.82) is 0 Å². The molecule has 0 saturated heterocycles. The van der Waals surface area contributed by atoms with Crippen LogP contribution in [-0.2, 0) is 4.74 Å². The molecule has 0 radical (unpaired) electrons. The van der Waals surface area contributed by atoms with E-state index in [9.17, 15) is 0 Å². The average molecular weight is 255 g/mol. The molecule has 0 spiro atoms. The average Bonchev–Trinajstić information content (AvgIpc) is 2.37. The quantitative estimate of drug-likeness (QED) is 0.587. The van der Waals surface area contributed by atoms with Gasteiger partial charge in [0.2, 0.25) is 0 Å². The molecule has 108 valence electrons. The maximum Gasteiger partial charge on any atom is 0.0589 e. The summed E-state index contributed by atoms with van der Waals surface area (Å²) in [6, 6.07) is 0.391. The van der Waals surface area contributed by atoms with Crippen LogP contribution >= 0.6 is 0 Å². The van der Waals surface area contributed by atoms with Crippen molar-refractivity contribution in [2.24, 2.45) is 5.73 Å². The second kappa shape index (κ2) is 10.8. The molecular formula is C16H33NO. The molecule has 1 fully saturated rings. The molecule has 2 heteroatoms. The zero-order valence-corrected chi connectivity index (χ0v) is 12.3. The molecular weight excluding hydrogens is 222 g/mol. The molecule has 1 aliphatic rings. The van der Waals surface area contributed by atoms with E-state index in [1.807, 2.05) is 0 Å². The maximum absolute atomic E-state index is 5.95. The monoisotopic (exact) mass is 255 g/mol. The van der Waals surface area contributed by atoms with E-state index in [1.165, 1.54) is 70.6 Å².